The van der Waals surface area contributed by atoms with E-state index in [1.807, 2.05) is 6.08 Å². The molecule has 13 heavy (non-hydrogen) atoms. The van der Waals surface area contributed by atoms with Crippen molar-refractivity contribution in [3.05, 3.63) is 41.7 Å². The first-order valence-electron chi connectivity index (χ1n) is 4.31. The first-order valence-corrected chi connectivity index (χ1v) is 5.43. The van der Waals surface area contributed by atoms with Crippen LogP contribution in [0.25, 0.3) is 6.08 Å². The molecule has 70 valence electrons. The standard InChI is InChI=1S/C11H12BrF/c12-9-3-1-2-4-10-5-7-11(13)8-6-10/h2,4-8H,1,3,9H2. The van der Waals surface area contributed by atoms with Crippen LogP contribution < -0.4 is 0 Å². The molecule has 1 rings (SSSR count). The van der Waals surface area contributed by atoms with Crippen molar-refractivity contribution in [3.8, 4) is 0 Å². The van der Waals surface area contributed by atoms with Gasteiger partial charge in [-0.15, -0.1) is 0 Å². The minimum Gasteiger partial charge on any atom is -0.207 e. The lowest BCUT2D eigenvalue weighted by atomic mass is 10.2. The molecule has 0 radical (unpaired) electrons. The zero-order valence-corrected chi connectivity index (χ0v) is 8.93. The molecule has 0 aliphatic rings. The molecule has 1 aromatic rings. The summed E-state index contributed by atoms with van der Waals surface area (Å²) in [6.07, 6.45) is 6.32. The maximum atomic E-state index is 12.5. The number of unbranched alkanes of at least 4 members (excludes halogenated alkanes) is 1. The summed E-state index contributed by atoms with van der Waals surface area (Å²) in [5, 5.41) is 1.03. The summed E-state index contributed by atoms with van der Waals surface area (Å²) in [4.78, 5) is 0. The summed E-state index contributed by atoms with van der Waals surface area (Å²) >= 11 is 3.36. The lowest BCUT2D eigenvalue weighted by Gasteiger charge is -1.92. The molecule has 2 heteroatoms. The smallest absolute Gasteiger partial charge is 0.123 e. The number of halogens is 2. The van der Waals surface area contributed by atoms with E-state index in [-0.39, 0.29) is 5.82 Å². The largest absolute Gasteiger partial charge is 0.207 e. The van der Waals surface area contributed by atoms with E-state index in [4.69, 9.17) is 0 Å². The van der Waals surface area contributed by atoms with E-state index in [9.17, 15) is 4.39 Å². The van der Waals surface area contributed by atoms with Gasteiger partial charge in [0.2, 0.25) is 0 Å². The summed E-state index contributed by atoms with van der Waals surface area (Å²) in [6.45, 7) is 0. The Morgan fingerprint density at radius 1 is 1.23 bits per heavy atom. The third-order valence-corrected chi connectivity index (χ3v) is 2.25. The molecule has 0 saturated carbocycles. The van der Waals surface area contributed by atoms with Gasteiger partial charge < -0.3 is 0 Å². The summed E-state index contributed by atoms with van der Waals surface area (Å²) in [6, 6.07) is 6.51. The lowest BCUT2D eigenvalue weighted by Crippen LogP contribution is -1.75. The van der Waals surface area contributed by atoms with E-state index in [0.29, 0.717) is 0 Å². The van der Waals surface area contributed by atoms with Crippen LogP contribution in [-0.2, 0) is 0 Å². The number of rotatable bonds is 4. The summed E-state index contributed by atoms with van der Waals surface area (Å²) < 4.78 is 12.5. The third kappa shape index (κ3) is 4.23. The van der Waals surface area contributed by atoms with Gasteiger partial charge in [0.25, 0.3) is 0 Å². The normalized spacial score (nSPS) is 10.9. The summed E-state index contributed by atoms with van der Waals surface area (Å²) in [7, 11) is 0. The third-order valence-electron chi connectivity index (χ3n) is 1.68. The molecule has 0 atom stereocenters. The zero-order valence-electron chi connectivity index (χ0n) is 7.34. The van der Waals surface area contributed by atoms with Gasteiger partial charge in [-0.05, 0) is 30.5 Å². The average Bonchev–Trinajstić information content (AvgIpc) is 2.15. The fourth-order valence-electron chi connectivity index (χ4n) is 0.988. The van der Waals surface area contributed by atoms with Crippen molar-refractivity contribution in [2.75, 3.05) is 5.33 Å². The molecule has 1 aromatic carbocycles. The van der Waals surface area contributed by atoms with Crippen molar-refractivity contribution in [3.63, 3.8) is 0 Å². The molecule has 0 aromatic heterocycles. The quantitative estimate of drug-likeness (QED) is 0.553. The Bertz CT molecular complexity index is 264. The van der Waals surface area contributed by atoms with Gasteiger partial charge in [0, 0.05) is 5.33 Å². The van der Waals surface area contributed by atoms with Gasteiger partial charge in [0.05, 0.1) is 0 Å². The molecule has 0 bridgehead atoms. The second-order valence-electron chi connectivity index (χ2n) is 2.79. The van der Waals surface area contributed by atoms with Gasteiger partial charge in [-0.3, -0.25) is 0 Å². The number of alkyl halides is 1. The molecule has 0 nitrogen and oxygen atoms in total. The highest BCUT2D eigenvalue weighted by Crippen LogP contribution is 2.06. The number of hydrogen-bond donors (Lipinski definition) is 0. The summed E-state index contributed by atoms with van der Waals surface area (Å²) in [5.41, 5.74) is 1.05. The molecular weight excluding hydrogens is 231 g/mol. The Morgan fingerprint density at radius 3 is 2.54 bits per heavy atom. The van der Waals surface area contributed by atoms with Crippen molar-refractivity contribution >= 4 is 22.0 Å². The van der Waals surface area contributed by atoms with E-state index in [1.165, 1.54) is 12.1 Å². The SMILES string of the molecule is Fc1ccc(C=CCCCBr)cc1. The highest BCUT2D eigenvalue weighted by molar-refractivity contribution is 9.09. The molecule has 0 unspecified atom stereocenters. The second kappa shape index (κ2) is 5.92. The van der Waals surface area contributed by atoms with E-state index in [2.05, 4.69) is 22.0 Å². The predicted octanol–water partition coefficient (Wildman–Crippen LogP) is 4.01. The van der Waals surface area contributed by atoms with E-state index in [0.717, 1.165) is 23.7 Å². The molecular formula is C11H12BrF. The lowest BCUT2D eigenvalue weighted by molar-refractivity contribution is 0.628. The van der Waals surface area contributed by atoms with Crippen LogP contribution in [0, 0.1) is 5.82 Å². The highest BCUT2D eigenvalue weighted by Gasteiger charge is 1.87. The Labute approximate surface area is 86.6 Å². The van der Waals surface area contributed by atoms with Crippen LogP contribution in [0.5, 0.6) is 0 Å². The van der Waals surface area contributed by atoms with E-state index < -0.39 is 0 Å². The minimum atomic E-state index is -0.183. The Kier molecular flexibility index (Phi) is 4.76. The Balaban J connectivity index is 2.44. The van der Waals surface area contributed by atoms with E-state index in [1.54, 1.807) is 12.1 Å². The molecule has 0 heterocycles. The molecule has 0 aliphatic carbocycles. The molecule has 0 N–H and O–H groups in total. The van der Waals surface area contributed by atoms with Crippen LogP contribution >= 0.6 is 15.9 Å². The van der Waals surface area contributed by atoms with Gasteiger partial charge in [0.1, 0.15) is 5.82 Å². The Morgan fingerprint density at radius 2 is 1.92 bits per heavy atom. The van der Waals surface area contributed by atoms with Crippen LogP contribution in [0.1, 0.15) is 18.4 Å². The highest BCUT2D eigenvalue weighted by atomic mass is 79.9. The maximum Gasteiger partial charge on any atom is 0.123 e. The first-order chi connectivity index (χ1) is 6.33. The predicted molar refractivity (Wildman–Crippen MR) is 58.5 cm³/mol. The number of hydrogen-bond acceptors (Lipinski definition) is 0. The van der Waals surface area contributed by atoms with Gasteiger partial charge in [0.15, 0.2) is 0 Å². The van der Waals surface area contributed by atoms with Crippen LogP contribution in [-0.4, -0.2) is 5.33 Å². The number of allylic oxidation sites excluding steroid dienone is 1. The fourth-order valence-corrected chi connectivity index (χ4v) is 1.31. The molecule has 0 saturated heterocycles. The molecule has 0 spiro atoms. The van der Waals surface area contributed by atoms with Gasteiger partial charge in [-0.2, -0.15) is 0 Å². The Hall–Kier alpha value is -0.630. The topological polar surface area (TPSA) is 0 Å². The van der Waals surface area contributed by atoms with Crippen molar-refractivity contribution in [2.45, 2.75) is 12.8 Å². The van der Waals surface area contributed by atoms with Crippen LogP contribution in [0.2, 0.25) is 0 Å². The maximum absolute atomic E-state index is 12.5. The van der Waals surface area contributed by atoms with Crippen LogP contribution in [0.4, 0.5) is 4.39 Å². The molecule has 0 aliphatic heterocycles. The van der Waals surface area contributed by atoms with Gasteiger partial charge >= 0.3 is 0 Å². The first kappa shape index (κ1) is 10.5. The zero-order chi connectivity index (χ0) is 9.52. The van der Waals surface area contributed by atoms with Crippen molar-refractivity contribution in [1.29, 1.82) is 0 Å². The molecule has 0 fully saturated rings. The van der Waals surface area contributed by atoms with Crippen molar-refractivity contribution < 1.29 is 4.39 Å². The van der Waals surface area contributed by atoms with Gasteiger partial charge in [-0.1, -0.05) is 40.2 Å². The van der Waals surface area contributed by atoms with Crippen molar-refractivity contribution in [2.24, 2.45) is 0 Å². The average molecular weight is 243 g/mol. The minimum absolute atomic E-state index is 0.183. The van der Waals surface area contributed by atoms with Crippen LogP contribution in [0.15, 0.2) is 30.3 Å². The monoisotopic (exact) mass is 242 g/mol. The number of benzene rings is 1. The molecule has 0 amide bonds. The van der Waals surface area contributed by atoms with Gasteiger partial charge in [-0.25, -0.2) is 4.39 Å². The van der Waals surface area contributed by atoms with Crippen molar-refractivity contribution in [1.82, 2.24) is 0 Å². The summed E-state index contributed by atoms with van der Waals surface area (Å²) in [5.74, 6) is -0.183. The van der Waals surface area contributed by atoms with Crippen LogP contribution in [0.3, 0.4) is 0 Å². The fraction of sp³-hybridized carbons (Fsp3) is 0.273. The second-order valence-corrected chi connectivity index (χ2v) is 3.58. The van der Waals surface area contributed by atoms with E-state index >= 15 is 0 Å².